The van der Waals surface area contributed by atoms with Crippen molar-refractivity contribution in [2.24, 2.45) is 16.8 Å². The summed E-state index contributed by atoms with van der Waals surface area (Å²) < 4.78 is 6.12. The number of rotatable bonds is 5. The molecule has 1 saturated heterocycles. The zero-order valence-corrected chi connectivity index (χ0v) is 15.0. The molecule has 0 aromatic carbocycles. The molecule has 0 bridgehead atoms. The Morgan fingerprint density at radius 2 is 2.43 bits per heavy atom. The highest BCUT2D eigenvalue weighted by Gasteiger charge is 2.31. The van der Waals surface area contributed by atoms with E-state index in [0.717, 1.165) is 35.6 Å². The Labute approximate surface area is 146 Å². The lowest BCUT2D eigenvalue weighted by Gasteiger charge is -2.29. The van der Waals surface area contributed by atoms with Gasteiger partial charge >= 0.3 is 0 Å². The monoisotopic (exact) mass is 378 g/mol. The summed E-state index contributed by atoms with van der Waals surface area (Å²) in [4.78, 5) is 4.99. The van der Waals surface area contributed by atoms with Gasteiger partial charge < -0.3 is 10.1 Å². The van der Waals surface area contributed by atoms with Gasteiger partial charge in [0.25, 0.3) is 0 Å². The number of hydrogen-bond donors (Lipinski definition) is 2. The van der Waals surface area contributed by atoms with Crippen LogP contribution in [0.1, 0.15) is 12.8 Å². The van der Waals surface area contributed by atoms with Gasteiger partial charge in [0.15, 0.2) is 0 Å². The molecule has 2 atom stereocenters. The minimum absolute atomic E-state index is 0.113. The maximum absolute atomic E-state index is 5.05. The molecule has 0 spiro atoms. The number of halogens is 1. The average molecular weight is 379 g/mol. The van der Waals surface area contributed by atoms with Crippen molar-refractivity contribution in [1.29, 1.82) is 0 Å². The summed E-state index contributed by atoms with van der Waals surface area (Å²) in [5, 5.41) is 5.46. The molecule has 5 nitrogen and oxygen atoms in total. The zero-order chi connectivity index (χ0) is 16.2. The van der Waals surface area contributed by atoms with Gasteiger partial charge in [0.2, 0.25) is 0 Å². The summed E-state index contributed by atoms with van der Waals surface area (Å²) >= 11 is 3.69. The Morgan fingerprint density at radius 1 is 1.57 bits per heavy atom. The van der Waals surface area contributed by atoms with Crippen molar-refractivity contribution in [3.05, 3.63) is 47.1 Å². The Kier molecular flexibility index (Phi) is 5.35. The molecular weight excluding hydrogens is 356 g/mol. The van der Waals surface area contributed by atoms with Gasteiger partial charge in [0.05, 0.1) is 23.6 Å². The maximum atomic E-state index is 5.05. The van der Waals surface area contributed by atoms with E-state index in [1.54, 1.807) is 13.4 Å². The predicted molar refractivity (Wildman–Crippen MR) is 96.7 cm³/mol. The molecular formula is C17H23BrN4O. The number of fused-ring (bicyclic) bond motifs is 1. The van der Waals surface area contributed by atoms with E-state index in [9.17, 15) is 0 Å². The molecule has 2 N–H and O–H groups in total. The van der Waals surface area contributed by atoms with Gasteiger partial charge in [-0.25, -0.2) is 10.4 Å². The smallest absolute Gasteiger partial charge is 0.148 e. The molecule has 23 heavy (non-hydrogen) atoms. The Morgan fingerprint density at radius 3 is 3.13 bits per heavy atom. The van der Waals surface area contributed by atoms with Crippen LogP contribution in [0.3, 0.4) is 0 Å². The van der Waals surface area contributed by atoms with E-state index in [0.29, 0.717) is 5.92 Å². The molecule has 124 valence electrons. The molecule has 1 fully saturated rings. The fraction of sp³-hybridized carbons (Fsp3) is 0.471. The molecule has 3 heterocycles. The zero-order valence-electron chi connectivity index (χ0n) is 13.4. The third-order valence-corrected chi connectivity index (χ3v) is 5.04. The van der Waals surface area contributed by atoms with Crippen LogP contribution in [0.5, 0.6) is 0 Å². The lowest BCUT2D eigenvalue weighted by molar-refractivity contribution is 0.335. The summed E-state index contributed by atoms with van der Waals surface area (Å²) in [6, 6.07) is 0. The van der Waals surface area contributed by atoms with Crippen molar-refractivity contribution in [3.8, 4) is 0 Å². The van der Waals surface area contributed by atoms with Gasteiger partial charge in [-0.3, -0.25) is 5.01 Å². The van der Waals surface area contributed by atoms with E-state index >= 15 is 0 Å². The quantitative estimate of drug-likeness (QED) is 0.570. The first-order valence-corrected chi connectivity index (χ1v) is 8.78. The van der Waals surface area contributed by atoms with Gasteiger partial charge in [0, 0.05) is 36.7 Å². The second kappa shape index (κ2) is 7.47. The van der Waals surface area contributed by atoms with Crippen LogP contribution in [0.25, 0.3) is 0 Å². The SMILES string of the molecule is C=CC(/C=C\OC)C1=C2N=C(C3CCCNC3)C(Br)=CN2NC1. The number of nitrogens with zero attached hydrogens (tertiary/aromatic N) is 2. The highest BCUT2D eigenvalue weighted by molar-refractivity contribution is 9.12. The van der Waals surface area contributed by atoms with Crippen LogP contribution in [0.2, 0.25) is 0 Å². The molecule has 0 radical (unpaired) electrons. The third-order valence-electron chi connectivity index (χ3n) is 4.43. The standard InChI is InChI=1S/C17H23BrN4O/c1-3-12(6-8-23-2)14-10-20-22-11-15(18)16(21-17(14)22)13-5-4-7-19-9-13/h3,6,8,11-13,19-20H,1,4-5,7,9-10H2,2H3/b8-6-. The highest BCUT2D eigenvalue weighted by Crippen LogP contribution is 2.33. The Hall–Kier alpha value is -1.37. The van der Waals surface area contributed by atoms with E-state index in [2.05, 4.69) is 39.5 Å². The van der Waals surface area contributed by atoms with Crippen molar-refractivity contribution < 1.29 is 4.74 Å². The summed E-state index contributed by atoms with van der Waals surface area (Å²) in [6.45, 7) is 6.81. The van der Waals surface area contributed by atoms with Crippen molar-refractivity contribution in [3.63, 3.8) is 0 Å². The number of nitrogens with one attached hydrogen (secondary N) is 2. The molecule has 3 rings (SSSR count). The van der Waals surface area contributed by atoms with E-state index in [-0.39, 0.29) is 5.92 Å². The number of allylic oxidation sites excluding steroid dienone is 3. The highest BCUT2D eigenvalue weighted by atomic mass is 79.9. The molecule has 0 aliphatic carbocycles. The minimum Gasteiger partial charge on any atom is -0.505 e. The number of hydrazine groups is 1. The third kappa shape index (κ3) is 3.44. The second-order valence-corrected chi connectivity index (χ2v) is 6.75. The van der Waals surface area contributed by atoms with Crippen LogP contribution < -0.4 is 10.7 Å². The summed E-state index contributed by atoms with van der Waals surface area (Å²) in [7, 11) is 1.65. The van der Waals surface area contributed by atoms with Gasteiger partial charge in [-0.15, -0.1) is 6.58 Å². The maximum Gasteiger partial charge on any atom is 0.148 e. The number of ether oxygens (including phenoxy) is 1. The normalized spacial score (nSPS) is 26.0. The van der Waals surface area contributed by atoms with Crippen LogP contribution in [-0.4, -0.2) is 37.5 Å². The fourth-order valence-corrected chi connectivity index (χ4v) is 3.81. The number of piperidine rings is 1. The van der Waals surface area contributed by atoms with Crippen LogP contribution >= 0.6 is 15.9 Å². The number of methoxy groups -OCH3 is 1. The van der Waals surface area contributed by atoms with Gasteiger partial charge in [-0.05, 0) is 41.4 Å². The predicted octanol–water partition coefficient (Wildman–Crippen LogP) is 2.67. The van der Waals surface area contributed by atoms with Gasteiger partial charge in [-0.2, -0.15) is 0 Å². The van der Waals surface area contributed by atoms with Crippen molar-refractivity contribution >= 4 is 21.6 Å². The van der Waals surface area contributed by atoms with E-state index in [1.165, 1.54) is 18.4 Å². The molecule has 0 aromatic heterocycles. The molecule has 6 heteroatoms. The lowest BCUT2D eigenvalue weighted by atomic mass is 9.93. The topological polar surface area (TPSA) is 48.9 Å². The first-order chi connectivity index (χ1) is 11.2. The molecule has 0 aromatic rings. The first-order valence-electron chi connectivity index (χ1n) is 7.99. The fourth-order valence-electron chi connectivity index (χ4n) is 3.20. The number of aliphatic imine (C=N–C) groups is 1. The van der Waals surface area contributed by atoms with Crippen LogP contribution in [0.15, 0.2) is 52.1 Å². The van der Waals surface area contributed by atoms with Crippen molar-refractivity contribution in [2.75, 3.05) is 26.7 Å². The van der Waals surface area contributed by atoms with Crippen LogP contribution in [0.4, 0.5) is 0 Å². The molecule has 3 aliphatic heterocycles. The molecule has 3 aliphatic rings. The average Bonchev–Trinajstić information content (AvgIpc) is 2.98. The van der Waals surface area contributed by atoms with Crippen LogP contribution in [0, 0.1) is 11.8 Å². The molecule has 2 unspecified atom stereocenters. The Balaban J connectivity index is 1.92. The van der Waals surface area contributed by atoms with Gasteiger partial charge in [0.1, 0.15) is 5.82 Å². The van der Waals surface area contributed by atoms with Crippen molar-refractivity contribution in [1.82, 2.24) is 15.8 Å². The van der Waals surface area contributed by atoms with E-state index in [1.807, 2.05) is 17.2 Å². The van der Waals surface area contributed by atoms with Gasteiger partial charge in [-0.1, -0.05) is 6.08 Å². The van der Waals surface area contributed by atoms with E-state index < -0.39 is 0 Å². The van der Waals surface area contributed by atoms with Crippen molar-refractivity contribution in [2.45, 2.75) is 12.8 Å². The molecule has 0 saturated carbocycles. The van der Waals surface area contributed by atoms with Crippen LogP contribution in [-0.2, 0) is 4.74 Å². The largest absolute Gasteiger partial charge is 0.505 e. The van der Waals surface area contributed by atoms with E-state index in [4.69, 9.17) is 9.73 Å². The summed E-state index contributed by atoms with van der Waals surface area (Å²) in [6.07, 6.45) is 10.1. The first kappa shape index (κ1) is 16.5. The molecule has 0 amide bonds. The second-order valence-electron chi connectivity index (χ2n) is 5.90. The lowest BCUT2D eigenvalue weighted by Crippen LogP contribution is -2.37. The Bertz CT molecular complexity index is 587. The summed E-state index contributed by atoms with van der Waals surface area (Å²) in [5.74, 6) is 1.56. The minimum atomic E-state index is 0.113. The summed E-state index contributed by atoms with van der Waals surface area (Å²) in [5.41, 5.74) is 5.72. The number of hydrogen-bond acceptors (Lipinski definition) is 5.